The van der Waals surface area contributed by atoms with Crippen molar-refractivity contribution in [1.29, 1.82) is 0 Å². The Morgan fingerprint density at radius 2 is 1.41 bits per heavy atom. The zero-order chi connectivity index (χ0) is 23.7. The molecule has 3 N–H and O–H groups in total. The van der Waals surface area contributed by atoms with E-state index >= 15 is 0 Å². The molecule has 5 aromatic carbocycles. The summed E-state index contributed by atoms with van der Waals surface area (Å²) in [6, 6.07) is 32.4. The van der Waals surface area contributed by atoms with Crippen LogP contribution in [0, 0.1) is 0 Å². The Labute approximate surface area is 197 Å². The van der Waals surface area contributed by atoms with E-state index in [4.69, 9.17) is 0 Å². The second kappa shape index (κ2) is 8.96. The summed E-state index contributed by atoms with van der Waals surface area (Å²) in [5, 5.41) is 18.8. The second-order valence-corrected chi connectivity index (χ2v) is 8.43. The smallest absolute Gasteiger partial charge is 0.271 e. The second-order valence-electron chi connectivity index (χ2n) is 8.43. The SMILES string of the molecule is CC(NC(c1ccccc1)c1cccc(Nc2c(O)c(=O)c2=O)c1)c1cccc2ccccc12. The van der Waals surface area contributed by atoms with Crippen molar-refractivity contribution in [3.63, 3.8) is 0 Å². The quantitative estimate of drug-likeness (QED) is 0.294. The van der Waals surface area contributed by atoms with Gasteiger partial charge in [-0.2, -0.15) is 0 Å². The number of anilines is 2. The van der Waals surface area contributed by atoms with Crippen LogP contribution in [0.2, 0.25) is 0 Å². The molecule has 34 heavy (non-hydrogen) atoms. The molecule has 5 rings (SSSR count). The fraction of sp³-hybridized carbons (Fsp3) is 0.103. The molecule has 0 amide bonds. The molecular formula is C29H24N2O3. The maximum atomic E-state index is 11.8. The first-order valence-electron chi connectivity index (χ1n) is 11.2. The van der Waals surface area contributed by atoms with Crippen LogP contribution in [-0.2, 0) is 0 Å². The van der Waals surface area contributed by atoms with E-state index in [-0.39, 0.29) is 17.8 Å². The van der Waals surface area contributed by atoms with Gasteiger partial charge in [0.1, 0.15) is 5.69 Å². The molecule has 0 bridgehead atoms. The van der Waals surface area contributed by atoms with E-state index in [2.05, 4.69) is 66.1 Å². The van der Waals surface area contributed by atoms with Crippen LogP contribution in [0.3, 0.4) is 0 Å². The van der Waals surface area contributed by atoms with Crippen LogP contribution in [0.25, 0.3) is 10.8 Å². The highest BCUT2D eigenvalue weighted by atomic mass is 16.3. The van der Waals surface area contributed by atoms with Gasteiger partial charge in [0, 0.05) is 11.7 Å². The average molecular weight is 449 g/mol. The third-order valence-corrected chi connectivity index (χ3v) is 6.21. The van der Waals surface area contributed by atoms with Crippen LogP contribution in [0.4, 0.5) is 11.4 Å². The Morgan fingerprint density at radius 3 is 2.21 bits per heavy atom. The van der Waals surface area contributed by atoms with Crippen molar-refractivity contribution in [3.8, 4) is 5.75 Å². The van der Waals surface area contributed by atoms with Crippen LogP contribution < -0.4 is 21.5 Å². The van der Waals surface area contributed by atoms with Crippen molar-refractivity contribution in [2.75, 3.05) is 5.32 Å². The Hall–Kier alpha value is -4.22. The Balaban J connectivity index is 1.50. The standard InChI is InChI=1S/C29H24N2O3/c1-18(23-16-8-12-19-9-5-6-15-24(19)23)30-25(20-10-3-2-4-11-20)21-13-7-14-22(17-21)31-26-27(32)29(34)28(26)33/h2-18,25,30-32H,1H3. The maximum Gasteiger partial charge on any atom is 0.271 e. The molecule has 5 nitrogen and oxygen atoms in total. The molecule has 0 heterocycles. The Kier molecular flexibility index (Phi) is 5.70. The highest BCUT2D eigenvalue weighted by Gasteiger charge is 2.22. The van der Waals surface area contributed by atoms with Crippen LogP contribution in [0.15, 0.2) is 107 Å². The molecule has 2 atom stereocenters. The van der Waals surface area contributed by atoms with Gasteiger partial charge in [-0.3, -0.25) is 14.9 Å². The summed E-state index contributed by atoms with van der Waals surface area (Å²) in [7, 11) is 0. The lowest BCUT2D eigenvalue weighted by atomic mass is 9.94. The molecule has 0 aromatic heterocycles. The fourth-order valence-corrected chi connectivity index (χ4v) is 4.43. The molecule has 0 aliphatic carbocycles. The van der Waals surface area contributed by atoms with Crippen LogP contribution in [0.1, 0.15) is 35.7 Å². The largest absolute Gasteiger partial charge is 0.502 e. The first kappa shape index (κ1) is 21.6. The van der Waals surface area contributed by atoms with E-state index in [9.17, 15) is 14.7 Å². The van der Waals surface area contributed by atoms with Crippen LogP contribution >= 0.6 is 0 Å². The first-order valence-corrected chi connectivity index (χ1v) is 11.2. The number of benzene rings is 4. The number of hydrogen-bond acceptors (Lipinski definition) is 5. The lowest BCUT2D eigenvalue weighted by Gasteiger charge is -2.26. The first-order chi connectivity index (χ1) is 16.5. The summed E-state index contributed by atoms with van der Waals surface area (Å²) in [5.41, 5.74) is 2.31. The molecule has 0 aliphatic rings. The predicted molar refractivity (Wildman–Crippen MR) is 137 cm³/mol. The summed E-state index contributed by atoms with van der Waals surface area (Å²) >= 11 is 0. The van der Waals surface area contributed by atoms with Crippen molar-refractivity contribution >= 4 is 22.1 Å². The lowest BCUT2D eigenvalue weighted by molar-refractivity contribution is 0.466. The fourth-order valence-electron chi connectivity index (χ4n) is 4.43. The van der Waals surface area contributed by atoms with E-state index in [0.717, 1.165) is 11.1 Å². The highest BCUT2D eigenvalue weighted by molar-refractivity contribution is 5.86. The summed E-state index contributed by atoms with van der Waals surface area (Å²) in [5.74, 6) is -0.516. The molecule has 168 valence electrons. The van der Waals surface area contributed by atoms with Gasteiger partial charge in [-0.25, -0.2) is 0 Å². The van der Waals surface area contributed by atoms with Gasteiger partial charge in [-0.05, 0) is 46.5 Å². The number of rotatable bonds is 7. The predicted octanol–water partition coefficient (Wildman–Crippen LogP) is 5.33. The Bertz CT molecular complexity index is 1530. The van der Waals surface area contributed by atoms with Gasteiger partial charge in [0.05, 0.1) is 6.04 Å². The Morgan fingerprint density at radius 1 is 0.735 bits per heavy atom. The molecule has 5 heteroatoms. The highest BCUT2D eigenvalue weighted by Crippen LogP contribution is 2.31. The van der Waals surface area contributed by atoms with E-state index in [1.54, 1.807) is 6.07 Å². The third-order valence-electron chi connectivity index (χ3n) is 6.21. The number of aromatic hydroxyl groups is 1. The van der Waals surface area contributed by atoms with Crippen molar-refractivity contribution in [3.05, 3.63) is 134 Å². The maximum absolute atomic E-state index is 11.8. The van der Waals surface area contributed by atoms with Gasteiger partial charge in [-0.15, -0.1) is 0 Å². The van der Waals surface area contributed by atoms with Gasteiger partial charge < -0.3 is 10.4 Å². The molecule has 5 aromatic rings. The molecule has 0 fully saturated rings. The minimum atomic E-state index is -0.855. The number of fused-ring (bicyclic) bond motifs is 1. The monoisotopic (exact) mass is 448 g/mol. The van der Waals surface area contributed by atoms with Crippen LogP contribution in [0.5, 0.6) is 5.75 Å². The van der Waals surface area contributed by atoms with Gasteiger partial charge in [-0.1, -0.05) is 84.9 Å². The van der Waals surface area contributed by atoms with Gasteiger partial charge >= 0.3 is 0 Å². The summed E-state index contributed by atoms with van der Waals surface area (Å²) < 4.78 is 0. The van der Waals surface area contributed by atoms with Crippen LogP contribution in [-0.4, -0.2) is 5.11 Å². The minimum absolute atomic E-state index is 0.0468. The number of nitrogens with one attached hydrogen (secondary N) is 2. The van der Waals surface area contributed by atoms with Crippen molar-refractivity contribution in [2.24, 2.45) is 0 Å². The molecular weight excluding hydrogens is 424 g/mol. The van der Waals surface area contributed by atoms with Gasteiger partial charge in [0.15, 0.2) is 5.75 Å². The normalized spacial score (nSPS) is 13.1. The van der Waals surface area contributed by atoms with Crippen molar-refractivity contribution in [1.82, 2.24) is 5.32 Å². The molecule has 0 aliphatic heterocycles. The van der Waals surface area contributed by atoms with E-state index in [1.165, 1.54) is 16.3 Å². The third kappa shape index (κ3) is 3.98. The summed E-state index contributed by atoms with van der Waals surface area (Å²) in [6.45, 7) is 2.15. The molecule has 0 spiro atoms. The summed E-state index contributed by atoms with van der Waals surface area (Å²) in [4.78, 5) is 23.1. The van der Waals surface area contributed by atoms with Crippen molar-refractivity contribution < 1.29 is 5.11 Å². The summed E-state index contributed by atoms with van der Waals surface area (Å²) in [6.07, 6.45) is 0. The number of hydrogen-bond donors (Lipinski definition) is 3. The topological polar surface area (TPSA) is 78.4 Å². The lowest BCUT2D eigenvalue weighted by Crippen LogP contribution is -2.32. The van der Waals surface area contributed by atoms with Crippen molar-refractivity contribution in [2.45, 2.75) is 19.0 Å². The van der Waals surface area contributed by atoms with Gasteiger partial charge in [0.2, 0.25) is 0 Å². The van der Waals surface area contributed by atoms with E-state index in [0.29, 0.717) is 5.69 Å². The molecule has 0 radical (unpaired) electrons. The molecule has 0 saturated heterocycles. The zero-order valence-electron chi connectivity index (χ0n) is 18.7. The molecule has 0 saturated carbocycles. The van der Waals surface area contributed by atoms with Gasteiger partial charge in [0.25, 0.3) is 10.9 Å². The minimum Gasteiger partial charge on any atom is -0.502 e. The van der Waals surface area contributed by atoms with E-state index in [1.807, 2.05) is 42.5 Å². The average Bonchev–Trinajstić information content (AvgIpc) is 2.90. The van der Waals surface area contributed by atoms with E-state index < -0.39 is 16.6 Å². The zero-order valence-corrected chi connectivity index (χ0v) is 18.7. The molecule has 2 unspecified atom stereocenters.